The van der Waals surface area contributed by atoms with Gasteiger partial charge in [-0.15, -0.1) is 0 Å². The van der Waals surface area contributed by atoms with E-state index < -0.39 is 0 Å². The summed E-state index contributed by atoms with van der Waals surface area (Å²) in [5, 5.41) is 1.53. The van der Waals surface area contributed by atoms with Crippen molar-refractivity contribution in [2.75, 3.05) is 6.54 Å². The molecule has 1 heterocycles. The highest BCUT2D eigenvalue weighted by molar-refractivity contribution is 8.13. The lowest BCUT2D eigenvalue weighted by molar-refractivity contribution is 0.559. The van der Waals surface area contributed by atoms with E-state index in [1.54, 1.807) is 6.07 Å². The Morgan fingerprint density at radius 2 is 2.14 bits per heavy atom. The molecule has 5 heteroatoms. The number of benzene rings is 1. The van der Waals surface area contributed by atoms with E-state index in [0.717, 1.165) is 42.3 Å². The van der Waals surface area contributed by atoms with Crippen molar-refractivity contribution in [3.63, 3.8) is 0 Å². The van der Waals surface area contributed by atoms with E-state index in [1.807, 2.05) is 12.1 Å². The molecule has 0 saturated heterocycles. The van der Waals surface area contributed by atoms with Crippen molar-refractivity contribution in [2.45, 2.75) is 38.9 Å². The fourth-order valence-corrected chi connectivity index (χ4v) is 2.88. The average Bonchev–Trinajstić information content (AvgIpc) is 2.52. The predicted molar refractivity (Wildman–Crippen MR) is 94.6 cm³/mol. The Bertz CT molecular complexity index is 722. The number of nitrogens with zero attached hydrogens (tertiary/aromatic N) is 1. The van der Waals surface area contributed by atoms with Crippen LogP contribution in [0.4, 0.5) is 0 Å². The third kappa shape index (κ3) is 4.37. The Kier molecular flexibility index (Phi) is 6.07. The van der Waals surface area contributed by atoms with E-state index >= 15 is 0 Å². The first kappa shape index (κ1) is 16.6. The van der Waals surface area contributed by atoms with E-state index in [2.05, 4.69) is 24.9 Å². The molecule has 0 atom stereocenters. The molecule has 1 aromatic carbocycles. The third-order valence-corrected chi connectivity index (χ3v) is 4.34. The third-order valence-electron chi connectivity index (χ3n) is 3.46. The van der Waals surface area contributed by atoms with Gasteiger partial charge in [0.15, 0.2) is 5.17 Å². The van der Waals surface area contributed by atoms with Crippen molar-refractivity contribution in [3.8, 4) is 0 Å². The minimum Gasteiger partial charge on any atom is -0.423 e. The molecule has 2 aromatic rings. The minimum atomic E-state index is -0.321. The molecule has 1 aromatic heterocycles. The summed E-state index contributed by atoms with van der Waals surface area (Å²) in [6.07, 6.45) is 3.06. The number of fused-ring (bicyclic) bond motifs is 1. The van der Waals surface area contributed by atoms with Crippen molar-refractivity contribution < 1.29 is 4.42 Å². The van der Waals surface area contributed by atoms with Crippen LogP contribution in [0, 0.1) is 0 Å². The van der Waals surface area contributed by atoms with Crippen LogP contribution in [0.15, 0.2) is 38.5 Å². The van der Waals surface area contributed by atoms with Gasteiger partial charge in [-0.3, -0.25) is 4.99 Å². The number of hydrogen-bond donors (Lipinski definition) is 1. The van der Waals surface area contributed by atoms with Crippen molar-refractivity contribution in [3.05, 3.63) is 45.8 Å². The van der Waals surface area contributed by atoms with Crippen LogP contribution in [0.3, 0.4) is 0 Å². The van der Waals surface area contributed by atoms with Crippen LogP contribution in [0.25, 0.3) is 11.0 Å². The second-order valence-corrected chi connectivity index (χ2v) is 6.13. The van der Waals surface area contributed by atoms with E-state index in [0.29, 0.717) is 16.5 Å². The second-order valence-electron chi connectivity index (χ2n) is 5.14. The topological polar surface area (TPSA) is 68.6 Å². The summed E-state index contributed by atoms with van der Waals surface area (Å²) >= 11 is 1.46. The first-order valence-corrected chi connectivity index (χ1v) is 8.61. The maximum absolute atomic E-state index is 11.7. The first-order valence-electron chi connectivity index (χ1n) is 7.62. The number of hydrogen-bond acceptors (Lipinski definition) is 4. The Morgan fingerprint density at radius 1 is 1.32 bits per heavy atom. The number of nitrogens with two attached hydrogens (primary N) is 1. The zero-order chi connectivity index (χ0) is 15.9. The molecule has 2 rings (SSSR count). The fourth-order valence-electron chi connectivity index (χ4n) is 2.16. The van der Waals surface area contributed by atoms with Gasteiger partial charge in [-0.05, 0) is 30.0 Å². The molecular weight excluding hydrogens is 296 g/mol. The zero-order valence-corrected chi connectivity index (χ0v) is 13.9. The Balaban J connectivity index is 2.20. The maximum atomic E-state index is 11.7. The largest absolute Gasteiger partial charge is 0.423 e. The summed E-state index contributed by atoms with van der Waals surface area (Å²) in [6, 6.07) is 7.55. The maximum Gasteiger partial charge on any atom is 0.336 e. The Hall–Kier alpha value is -1.75. The zero-order valence-electron chi connectivity index (χ0n) is 13.1. The van der Waals surface area contributed by atoms with Gasteiger partial charge in [0.05, 0.1) is 0 Å². The van der Waals surface area contributed by atoms with E-state index in [9.17, 15) is 4.79 Å². The number of unbranched alkanes of at least 4 members (excludes halogenated alkanes) is 1. The lowest BCUT2D eigenvalue weighted by Gasteiger charge is -2.06. The normalized spacial score (nSPS) is 12.0. The van der Waals surface area contributed by atoms with Gasteiger partial charge < -0.3 is 10.2 Å². The smallest absolute Gasteiger partial charge is 0.336 e. The van der Waals surface area contributed by atoms with Crippen molar-refractivity contribution in [1.29, 1.82) is 0 Å². The van der Waals surface area contributed by atoms with E-state index in [-0.39, 0.29) is 5.63 Å². The second kappa shape index (κ2) is 8.03. The highest BCUT2D eigenvalue weighted by Gasteiger charge is 2.07. The molecule has 0 spiro atoms. The summed E-state index contributed by atoms with van der Waals surface area (Å²) in [7, 11) is 0. The number of aryl methyl sites for hydroxylation is 1. The van der Waals surface area contributed by atoms with E-state index in [4.69, 9.17) is 10.2 Å². The molecule has 0 fully saturated rings. The summed E-state index contributed by atoms with van der Waals surface area (Å²) < 4.78 is 5.30. The molecule has 22 heavy (non-hydrogen) atoms. The SMILES string of the molecule is CCCCN=C(N)SCc1cc(=O)oc2cc(CC)ccc12. The highest BCUT2D eigenvalue weighted by atomic mass is 32.2. The number of aliphatic imine (C=N–C) groups is 1. The fraction of sp³-hybridized carbons (Fsp3) is 0.412. The van der Waals surface area contributed by atoms with Gasteiger partial charge >= 0.3 is 5.63 Å². The minimum absolute atomic E-state index is 0.321. The van der Waals surface area contributed by atoms with Crippen LogP contribution >= 0.6 is 11.8 Å². The van der Waals surface area contributed by atoms with Crippen molar-refractivity contribution >= 4 is 27.9 Å². The van der Waals surface area contributed by atoms with Gasteiger partial charge in [0.25, 0.3) is 0 Å². The van der Waals surface area contributed by atoms with Crippen LogP contribution in [-0.2, 0) is 12.2 Å². The molecule has 0 saturated carbocycles. The monoisotopic (exact) mass is 318 g/mol. The molecule has 0 amide bonds. The van der Waals surface area contributed by atoms with Gasteiger partial charge in [-0.2, -0.15) is 0 Å². The van der Waals surface area contributed by atoms with Crippen LogP contribution in [0.5, 0.6) is 0 Å². The molecule has 0 aliphatic carbocycles. The molecule has 0 aliphatic heterocycles. The lowest BCUT2D eigenvalue weighted by atomic mass is 10.1. The predicted octanol–water partition coefficient (Wildman–Crippen LogP) is 3.70. The van der Waals surface area contributed by atoms with Gasteiger partial charge in [0.2, 0.25) is 0 Å². The lowest BCUT2D eigenvalue weighted by Crippen LogP contribution is -2.08. The molecule has 4 nitrogen and oxygen atoms in total. The number of amidine groups is 1. The van der Waals surface area contributed by atoms with Crippen LogP contribution < -0.4 is 11.4 Å². The van der Waals surface area contributed by atoms with Crippen LogP contribution in [0.2, 0.25) is 0 Å². The van der Waals surface area contributed by atoms with Crippen LogP contribution in [0.1, 0.15) is 37.8 Å². The highest BCUT2D eigenvalue weighted by Crippen LogP contribution is 2.22. The molecular formula is C17H22N2O2S. The van der Waals surface area contributed by atoms with Crippen LogP contribution in [-0.4, -0.2) is 11.7 Å². The van der Waals surface area contributed by atoms with Crippen molar-refractivity contribution in [2.24, 2.45) is 10.7 Å². The average molecular weight is 318 g/mol. The van der Waals surface area contributed by atoms with Crippen molar-refractivity contribution in [1.82, 2.24) is 0 Å². The first-order chi connectivity index (χ1) is 10.6. The van der Waals surface area contributed by atoms with E-state index in [1.165, 1.54) is 11.8 Å². The van der Waals surface area contributed by atoms with Gasteiger partial charge in [0, 0.05) is 23.8 Å². The van der Waals surface area contributed by atoms with Gasteiger partial charge in [0.1, 0.15) is 5.58 Å². The quantitative estimate of drug-likeness (QED) is 0.381. The molecule has 118 valence electrons. The standard InChI is InChI=1S/C17H22N2O2S/c1-3-5-8-19-17(18)22-11-13-10-16(20)21-15-9-12(4-2)6-7-14(13)15/h6-7,9-10H,3-5,8,11H2,1-2H3,(H2,18,19). The Morgan fingerprint density at radius 3 is 2.86 bits per heavy atom. The molecule has 0 bridgehead atoms. The van der Waals surface area contributed by atoms with Gasteiger partial charge in [-0.25, -0.2) is 4.79 Å². The molecule has 0 radical (unpaired) electrons. The molecule has 0 aliphatic rings. The Labute approximate surface area is 134 Å². The number of thioether (sulfide) groups is 1. The number of rotatable bonds is 6. The summed E-state index contributed by atoms with van der Waals surface area (Å²) in [5.41, 5.74) is 8.31. The molecule has 0 unspecified atom stereocenters. The molecule has 2 N–H and O–H groups in total. The summed E-state index contributed by atoms with van der Waals surface area (Å²) in [5.74, 6) is 0.620. The summed E-state index contributed by atoms with van der Waals surface area (Å²) in [6.45, 7) is 4.96. The van der Waals surface area contributed by atoms with Gasteiger partial charge in [-0.1, -0.05) is 44.2 Å². The summed E-state index contributed by atoms with van der Waals surface area (Å²) in [4.78, 5) is 16.0.